The molecule has 0 aromatic heterocycles. The molecule has 0 aliphatic carbocycles. The van der Waals surface area contributed by atoms with E-state index in [9.17, 15) is 18.0 Å². The van der Waals surface area contributed by atoms with Gasteiger partial charge < -0.3 is 10.4 Å². The van der Waals surface area contributed by atoms with E-state index in [0.29, 0.717) is 5.56 Å². The minimum Gasteiger partial charge on any atom is -0.478 e. The Hall–Kier alpha value is -2.50. The molecular weight excluding hydrogens is 271 g/mol. The highest BCUT2D eigenvalue weighted by Crippen LogP contribution is 2.21. The fourth-order valence-electron chi connectivity index (χ4n) is 1.66. The molecule has 0 unspecified atom stereocenters. The third-order valence-electron chi connectivity index (χ3n) is 2.67. The van der Waals surface area contributed by atoms with Crippen LogP contribution in [0.5, 0.6) is 0 Å². The average molecular weight is 281 g/mol. The number of carbonyl (C=O) groups is 1. The molecule has 20 heavy (non-hydrogen) atoms. The van der Waals surface area contributed by atoms with Crippen LogP contribution in [0.2, 0.25) is 0 Å². The minimum absolute atomic E-state index is 0.0839. The van der Waals surface area contributed by atoms with Gasteiger partial charge >= 0.3 is 5.97 Å². The van der Waals surface area contributed by atoms with E-state index in [-0.39, 0.29) is 6.54 Å². The molecule has 0 aliphatic rings. The topological polar surface area (TPSA) is 49.3 Å². The van der Waals surface area contributed by atoms with Gasteiger partial charge in [-0.3, -0.25) is 0 Å². The Balaban J connectivity index is 2.17. The molecule has 104 valence electrons. The van der Waals surface area contributed by atoms with E-state index in [1.54, 1.807) is 0 Å². The quantitative estimate of drug-likeness (QED) is 0.902. The summed E-state index contributed by atoms with van der Waals surface area (Å²) in [5, 5.41) is 11.2. The van der Waals surface area contributed by atoms with Crippen molar-refractivity contribution in [2.24, 2.45) is 0 Å². The number of anilines is 1. The number of rotatable bonds is 4. The zero-order chi connectivity index (χ0) is 14.7. The first-order valence-electron chi connectivity index (χ1n) is 5.68. The Morgan fingerprint density at radius 1 is 1.05 bits per heavy atom. The van der Waals surface area contributed by atoms with E-state index in [1.165, 1.54) is 24.3 Å². The standard InChI is InChI=1S/C14H10F3NO2/c15-10-3-1-8(2-4-10)7-18-13-11(16)5-9(14(19)20)6-12(13)17/h1-6,18H,7H2,(H,19,20). The van der Waals surface area contributed by atoms with Crippen molar-refractivity contribution in [2.45, 2.75) is 6.54 Å². The first-order chi connectivity index (χ1) is 9.47. The van der Waals surface area contributed by atoms with E-state index in [1.807, 2.05) is 0 Å². The number of halogens is 3. The van der Waals surface area contributed by atoms with Gasteiger partial charge in [-0.1, -0.05) is 12.1 Å². The fraction of sp³-hybridized carbons (Fsp3) is 0.0714. The third-order valence-corrected chi connectivity index (χ3v) is 2.67. The van der Waals surface area contributed by atoms with Crippen molar-refractivity contribution in [3.05, 3.63) is 65.0 Å². The lowest BCUT2D eigenvalue weighted by molar-refractivity contribution is 0.0696. The Labute approximate surface area is 112 Å². The van der Waals surface area contributed by atoms with E-state index in [4.69, 9.17) is 5.11 Å². The predicted molar refractivity (Wildman–Crippen MR) is 67.0 cm³/mol. The molecule has 6 heteroatoms. The summed E-state index contributed by atoms with van der Waals surface area (Å²) >= 11 is 0. The van der Waals surface area contributed by atoms with Crippen LogP contribution in [0, 0.1) is 17.5 Å². The van der Waals surface area contributed by atoms with Gasteiger partial charge in [-0.05, 0) is 29.8 Å². The van der Waals surface area contributed by atoms with Crippen molar-refractivity contribution in [3.8, 4) is 0 Å². The van der Waals surface area contributed by atoms with Crippen LogP contribution < -0.4 is 5.32 Å². The average Bonchev–Trinajstić information content (AvgIpc) is 2.39. The van der Waals surface area contributed by atoms with Crippen LogP contribution in [0.25, 0.3) is 0 Å². The summed E-state index contributed by atoms with van der Waals surface area (Å²) in [5.41, 5.74) is -0.251. The van der Waals surface area contributed by atoms with Crippen LogP contribution in [0.4, 0.5) is 18.9 Å². The highest BCUT2D eigenvalue weighted by Gasteiger charge is 2.14. The lowest BCUT2D eigenvalue weighted by Crippen LogP contribution is -2.06. The Bertz CT molecular complexity index is 618. The first-order valence-corrected chi connectivity index (χ1v) is 5.68. The van der Waals surface area contributed by atoms with Gasteiger partial charge in [0.1, 0.15) is 23.1 Å². The van der Waals surface area contributed by atoms with Crippen LogP contribution in [0.15, 0.2) is 36.4 Å². The predicted octanol–water partition coefficient (Wildman–Crippen LogP) is 3.41. The smallest absolute Gasteiger partial charge is 0.335 e. The maximum Gasteiger partial charge on any atom is 0.335 e. The van der Waals surface area contributed by atoms with Gasteiger partial charge in [0, 0.05) is 6.54 Å². The summed E-state index contributed by atoms with van der Waals surface area (Å²) in [6.45, 7) is 0.0839. The van der Waals surface area contributed by atoms with Crippen LogP contribution in [-0.4, -0.2) is 11.1 Å². The van der Waals surface area contributed by atoms with Crippen molar-refractivity contribution in [1.29, 1.82) is 0 Å². The lowest BCUT2D eigenvalue weighted by Gasteiger charge is -2.09. The minimum atomic E-state index is -1.41. The maximum absolute atomic E-state index is 13.6. The van der Waals surface area contributed by atoms with Crippen LogP contribution in [0.3, 0.4) is 0 Å². The molecule has 0 heterocycles. The number of carboxylic acids is 1. The zero-order valence-corrected chi connectivity index (χ0v) is 10.2. The molecule has 0 atom stereocenters. The number of hydrogen-bond acceptors (Lipinski definition) is 2. The molecule has 3 nitrogen and oxygen atoms in total. The van der Waals surface area contributed by atoms with Crippen LogP contribution in [-0.2, 0) is 6.54 Å². The number of aromatic carboxylic acids is 1. The molecule has 0 saturated carbocycles. The summed E-state index contributed by atoms with van der Waals surface area (Å²) in [6.07, 6.45) is 0. The number of carboxylic acid groups (broad SMARTS) is 1. The van der Waals surface area contributed by atoms with Crippen LogP contribution in [0.1, 0.15) is 15.9 Å². The molecule has 2 aromatic rings. The molecule has 2 aromatic carbocycles. The van der Waals surface area contributed by atoms with E-state index in [0.717, 1.165) is 12.1 Å². The second-order valence-electron chi connectivity index (χ2n) is 4.10. The highest BCUT2D eigenvalue weighted by molar-refractivity contribution is 5.88. The van der Waals surface area contributed by atoms with Crippen molar-refractivity contribution in [1.82, 2.24) is 0 Å². The van der Waals surface area contributed by atoms with Gasteiger partial charge in [0.25, 0.3) is 0 Å². The van der Waals surface area contributed by atoms with Crippen molar-refractivity contribution in [3.63, 3.8) is 0 Å². The second-order valence-corrected chi connectivity index (χ2v) is 4.10. The Kier molecular flexibility index (Phi) is 3.93. The molecule has 0 bridgehead atoms. The van der Waals surface area contributed by atoms with Gasteiger partial charge in [0.05, 0.1) is 5.56 Å². The summed E-state index contributed by atoms with van der Waals surface area (Å²) < 4.78 is 39.9. The molecule has 0 amide bonds. The van der Waals surface area contributed by atoms with Crippen molar-refractivity contribution >= 4 is 11.7 Å². The summed E-state index contributed by atoms with van der Waals surface area (Å²) in [7, 11) is 0. The number of hydrogen-bond donors (Lipinski definition) is 2. The largest absolute Gasteiger partial charge is 0.478 e. The summed E-state index contributed by atoms with van der Waals surface area (Å²) in [5.74, 6) is -3.81. The Morgan fingerprint density at radius 2 is 1.60 bits per heavy atom. The van der Waals surface area contributed by atoms with Gasteiger partial charge in [0.15, 0.2) is 0 Å². The first kappa shape index (κ1) is 13.9. The molecule has 0 saturated heterocycles. The summed E-state index contributed by atoms with van der Waals surface area (Å²) in [6, 6.07) is 6.89. The maximum atomic E-state index is 13.6. The van der Waals surface area contributed by atoms with Crippen molar-refractivity contribution in [2.75, 3.05) is 5.32 Å². The molecule has 0 fully saturated rings. The van der Waals surface area contributed by atoms with E-state index < -0.39 is 34.7 Å². The van der Waals surface area contributed by atoms with Gasteiger partial charge in [-0.2, -0.15) is 0 Å². The van der Waals surface area contributed by atoms with Gasteiger partial charge in [-0.25, -0.2) is 18.0 Å². The molecular formula is C14H10F3NO2. The van der Waals surface area contributed by atoms with E-state index in [2.05, 4.69) is 5.32 Å². The highest BCUT2D eigenvalue weighted by atomic mass is 19.1. The van der Waals surface area contributed by atoms with Crippen molar-refractivity contribution < 1.29 is 23.1 Å². The second kappa shape index (κ2) is 5.64. The molecule has 0 radical (unpaired) electrons. The van der Waals surface area contributed by atoms with Gasteiger partial charge in [-0.15, -0.1) is 0 Å². The third kappa shape index (κ3) is 3.09. The molecule has 0 spiro atoms. The number of nitrogens with one attached hydrogen (secondary N) is 1. The lowest BCUT2D eigenvalue weighted by atomic mass is 10.1. The molecule has 2 N–H and O–H groups in total. The normalized spacial score (nSPS) is 10.3. The van der Waals surface area contributed by atoms with Gasteiger partial charge in [0.2, 0.25) is 0 Å². The number of benzene rings is 2. The monoisotopic (exact) mass is 281 g/mol. The molecule has 0 aliphatic heterocycles. The fourth-order valence-corrected chi connectivity index (χ4v) is 1.66. The SMILES string of the molecule is O=C(O)c1cc(F)c(NCc2ccc(F)cc2)c(F)c1. The van der Waals surface area contributed by atoms with Crippen LogP contribution >= 0.6 is 0 Å². The molecule has 2 rings (SSSR count). The summed E-state index contributed by atoms with van der Waals surface area (Å²) in [4.78, 5) is 10.6. The zero-order valence-electron chi connectivity index (χ0n) is 10.2. The Morgan fingerprint density at radius 3 is 2.10 bits per heavy atom. The van der Waals surface area contributed by atoms with E-state index >= 15 is 0 Å².